The summed E-state index contributed by atoms with van der Waals surface area (Å²) in [6, 6.07) is 8.95. The highest BCUT2D eigenvalue weighted by molar-refractivity contribution is 7.89. The van der Waals surface area contributed by atoms with Crippen LogP contribution >= 0.6 is 0 Å². The van der Waals surface area contributed by atoms with Crippen LogP contribution in [0.25, 0.3) is 0 Å². The number of sulfonamides is 1. The van der Waals surface area contributed by atoms with Crippen molar-refractivity contribution < 1.29 is 8.42 Å². The number of nitrogens with zero attached hydrogens (tertiary/aromatic N) is 2. The van der Waals surface area contributed by atoms with Gasteiger partial charge in [0, 0.05) is 7.05 Å². The largest absolute Gasteiger partial charge is 0.244 e. The zero-order valence-electron chi connectivity index (χ0n) is 11.3. The zero-order valence-corrected chi connectivity index (χ0v) is 12.1. The van der Waals surface area contributed by atoms with E-state index in [0.717, 1.165) is 18.4 Å². The summed E-state index contributed by atoms with van der Waals surface area (Å²) in [6.07, 6.45) is 3.04. The molecule has 1 aromatic carbocycles. The molecular formula is C14H18N2O2S. The van der Waals surface area contributed by atoms with Gasteiger partial charge in [0.25, 0.3) is 0 Å². The van der Waals surface area contributed by atoms with Crippen LogP contribution in [0.3, 0.4) is 0 Å². The average molecular weight is 278 g/mol. The lowest BCUT2D eigenvalue weighted by Gasteiger charge is -2.31. The molecule has 0 aliphatic heterocycles. The molecule has 5 heteroatoms. The monoisotopic (exact) mass is 278 g/mol. The fourth-order valence-electron chi connectivity index (χ4n) is 2.56. The first kappa shape index (κ1) is 14.0. The van der Waals surface area contributed by atoms with Crippen molar-refractivity contribution in [1.82, 2.24) is 4.31 Å². The van der Waals surface area contributed by atoms with Gasteiger partial charge in [-0.25, -0.2) is 8.42 Å². The Morgan fingerprint density at radius 2 is 1.74 bits per heavy atom. The van der Waals surface area contributed by atoms with E-state index in [2.05, 4.69) is 6.07 Å². The van der Waals surface area contributed by atoms with E-state index in [-0.39, 0.29) is 4.90 Å². The fraction of sp³-hybridized carbons (Fsp3) is 0.500. The van der Waals surface area contributed by atoms with Crippen LogP contribution in [0.15, 0.2) is 29.2 Å². The molecule has 1 saturated carbocycles. The van der Waals surface area contributed by atoms with E-state index < -0.39 is 15.6 Å². The quantitative estimate of drug-likeness (QED) is 0.853. The van der Waals surface area contributed by atoms with Crippen LogP contribution in [0, 0.1) is 18.3 Å². The zero-order chi connectivity index (χ0) is 14.1. The summed E-state index contributed by atoms with van der Waals surface area (Å²) in [5.41, 5.74) is 0.140. The number of benzene rings is 1. The molecule has 0 amide bonds. The molecule has 0 heterocycles. The molecular weight excluding hydrogens is 260 g/mol. The second-order valence-corrected chi connectivity index (χ2v) is 7.11. The van der Waals surface area contributed by atoms with Crippen molar-refractivity contribution in [2.24, 2.45) is 0 Å². The van der Waals surface area contributed by atoms with Crippen molar-refractivity contribution in [2.45, 2.75) is 43.0 Å². The predicted molar refractivity (Wildman–Crippen MR) is 72.9 cm³/mol. The third kappa shape index (κ3) is 2.38. The molecule has 1 fully saturated rings. The van der Waals surface area contributed by atoms with Crippen molar-refractivity contribution in [1.29, 1.82) is 5.26 Å². The molecule has 0 bridgehead atoms. The van der Waals surface area contributed by atoms with Gasteiger partial charge < -0.3 is 0 Å². The van der Waals surface area contributed by atoms with Gasteiger partial charge in [0.15, 0.2) is 0 Å². The van der Waals surface area contributed by atoms with E-state index in [0.29, 0.717) is 12.8 Å². The van der Waals surface area contributed by atoms with Crippen LogP contribution in [-0.4, -0.2) is 25.3 Å². The third-order valence-electron chi connectivity index (χ3n) is 3.92. The van der Waals surface area contributed by atoms with E-state index in [4.69, 9.17) is 0 Å². The van der Waals surface area contributed by atoms with Gasteiger partial charge in [-0.05, 0) is 31.9 Å². The van der Waals surface area contributed by atoms with E-state index in [1.807, 2.05) is 6.92 Å². The highest BCUT2D eigenvalue weighted by Gasteiger charge is 2.44. The van der Waals surface area contributed by atoms with E-state index in [1.54, 1.807) is 24.3 Å². The first-order valence-corrected chi connectivity index (χ1v) is 7.83. The first-order valence-electron chi connectivity index (χ1n) is 6.39. The molecule has 0 atom stereocenters. The lowest BCUT2D eigenvalue weighted by Crippen LogP contribution is -2.46. The minimum absolute atomic E-state index is 0.252. The maximum atomic E-state index is 12.6. The van der Waals surface area contributed by atoms with E-state index >= 15 is 0 Å². The Balaban J connectivity index is 2.39. The summed E-state index contributed by atoms with van der Waals surface area (Å²) in [6.45, 7) is 1.91. The molecule has 1 aromatic rings. The summed E-state index contributed by atoms with van der Waals surface area (Å²) in [7, 11) is -2.08. The van der Waals surface area contributed by atoms with Crippen molar-refractivity contribution in [2.75, 3.05) is 7.05 Å². The predicted octanol–water partition coefficient (Wildman–Crippen LogP) is 2.45. The average Bonchev–Trinajstić information content (AvgIpc) is 2.88. The standard InChI is InChI=1S/C14H18N2O2S/c1-12-5-7-13(8-6-12)19(17,18)16(2)14(11-15)9-3-4-10-14/h5-8H,3-4,9-10H2,1-2H3. The van der Waals surface area contributed by atoms with Gasteiger partial charge in [-0.3, -0.25) is 0 Å². The molecule has 0 unspecified atom stereocenters. The summed E-state index contributed by atoms with van der Waals surface area (Å²) in [5, 5.41) is 9.39. The number of hydrogen-bond acceptors (Lipinski definition) is 3. The molecule has 0 saturated heterocycles. The van der Waals surface area contributed by atoms with Gasteiger partial charge >= 0.3 is 0 Å². The molecule has 1 aliphatic carbocycles. The van der Waals surface area contributed by atoms with Crippen molar-refractivity contribution in [3.05, 3.63) is 29.8 Å². The Labute approximate surface area is 114 Å². The molecule has 4 nitrogen and oxygen atoms in total. The van der Waals surface area contributed by atoms with Crippen LogP contribution < -0.4 is 0 Å². The molecule has 2 rings (SSSR count). The minimum Gasteiger partial charge on any atom is -0.207 e. The second kappa shape index (κ2) is 4.95. The molecule has 1 aliphatic rings. The maximum absolute atomic E-state index is 12.6. The number of rotatable bonds is 3. The first-order chi connectivity index (χ1) is 8.92. The summed E-state index contributed by atoms with van der Waals surface area (Å²) >= 11 is 0. The van der Waals surface area contributed by atoms with Gasteiger partial charge in [0.05, 0.1) is 11.0 Å². The second-order valence-electron chi connectivity index (χ2n) is 5.14. The normalized spacial score (nSPS) is 18.4. The van der Waals surface area contributed by atoms with Crippen molar-refractivity contribution >= 4 is 10.0 Å². The summed E-state index contributed by atoms with van der Waals surface area (Å²) < 4.78 is 26.4. The summed E-state index contributed by atoms with van der Waals surface area (Å²) in [4.78, 5) is 0.252. The van der Waals surface area contributed by atoms with E-state index in [1.165, 1.54) is 11.4 Å². The van der Waals surface area contributed by atoms with Crippen LogP contribution in [0.1, 0.15) is 31.2 Å². The summed E-state index contributed by atoms with van der Waals surface area (Å²) in [5.74, 6) is 0. The Morgan fingerprint density at radius 1 is 1.21 bits per heavy atom. The fourth-order valence-corrected chi connectivity index (χ4v) is 4.04. The molecule has 0 spiro atoms. The smallest absolute Gasteiger partial charge is 0.207 e. The number of nitriles is 1. The lowest BCUT2D eigenvalue weighted by molar-refractivity contribution is 0.293. The van der Waals surface area contributed by atoms with Gasteiger partial charge in [-0.2, -0.15) is 9.57 Å². The van der Waals surface area contributed by atoms with Crippen LogP contribution in [0.4, 0.5) is 0 Å². The van der Waals surface area contributed by atoms with Crippen LogP contribution in [-0.2, 0) is 10.0 Å². The van der Waals surface area contributed by atoms with Gasteiger partial charge in [0.2, 0.25) is 10.0 Å². The molecule has 19 heavy (non-hydrogen) atoms. The van der Waals surface area contributed by atoms with Crippen molar-refractivity contribution in [3.8, 4) is 6.07 Å². The number of aryl methyl sites for hydroxylation is 1. The third-order valence-corrected chi connectivity index (χ3v) is 5.86. The molecule has 0 aromatic heterocycles. The topological polar surface area (TPSA) is 61.2 Å². The SMILES string of the molecule is Cc1ccc(S(=O)(=O)N(C)C2(C#N)CCCC2)cc1. The Hall–Kier alpha value is -1.38. The van der Waals surface area contributed by atoms with Gasteiger partial charge in [0.1, 0.15) is 5.54 Å². The van der Waals surface area contributed by atoms with Crippen LogP contribution in [0.2, 0.25) is 0 Å². The lowest BCUT2D eigenvalue weighted by atomic mass is 10.0. The van der Waals surface area contributed by atoms with Gasteiger partial charge in [-0.1, -0.05) is 30.5 Å². The maximum Gasteiger partial charge on any atom is 0.244 e. The Bertz CT molecular complexity index is 593. The Kier molecular flexibility index (Phi) is 3.66. The highest BCUT2D eigenvalue weighted by Crippen LogP contribution is 2.37. The van der Waals surface area contributed by atoms with Crippen LogP contribution in [0.5, 0.6) is 0 Å². The minimum atomic E-state index is -3.60. The van der Waals surface area contributed by atoms with Crippen molar-refractivity contribution in [3.63, 3.8) is 0 Å². The number of hydrogen-bond donors (Lipinski definition) is 0. The van der Waals surface area contributed by atoms with E-state index in [9.17, 15) is 13.7 Å². The highest BCUT2D eigenvalue weighted by atomic mass is 32.2. The van der Waals surface area contributed by atoms with Gasteiger partial charge in [-0.15, -0.1) is 0 Å². The molecule has 0 radical (unpaired) electrons. The molecule has 0 N–H and O–H groups in total. The Morgan fingerprint density at radius 3 is 2.21 bits per heavy atom. The molecule has 102 valence electrons.